The van der Waals surface area contributed by atoms with E-state index in [2.05, 4.69) is 20.9 Å². The van der Waals surface area contributed by atoms with Gasteiger partial charge in [0.1, 0.15) is 0 Å². The van der Waals surface area contributed by atoms with Gasteiger partial charge in [-0.3, -0.25) is 9.78 Å². The first kappa shape index (κ1) is 9.45. The maximum absolute atomic E-state index is 11.6. The van der Waals surface area contributed by atoms with Crippen molar-refractivity contribution in [2.75, 3.05) is 17.2 Å². The van der Waals surface area contributed by atoms with Gasteiger partial charge in [-0.1, -0.05) is 15.9 Å². The van der Waals surface area contributed by atoms with Gasteiger partial charge in [-0.25, -0.2) is 0 Å². The van der Waals surface area contributed by atoms with Crippen molar-refractivity contribution in [3.8, 4) is 0 Å². The van der Waals surface area contributed by atoms with E-state index in [1.54, 1.807) is 23.4 Å². The van der Waals surface area contributed by atoms with E-state index < -0.39 is 0 Å². The van der Waals surface area contributed by atoms with E-state index >= 15 is 0 Å². The summed E-state index contributed by atoms with van der Waals surface area (Å²) in [6, 6.07) is 1.76. The largest absolute Gasteiger partial charge is 0.396 e. The van der Waals surface area contributed by atoms with Crippen LogP contribution >= 0.6 is 15.9 Å². The van der Waals surface area contributed by atoms with Crippen LogP contribution in [0, 0.1) is 0 Å². The Morgan fingerprint density at radius 3 is 3.00 bits per heavy atom. The molecule has 1 aliphatic rings. The second-order valence-electron chi connectivity index (χ2n) is 3.24. The fraction of sp³-hybridized carbons (Fsp3) is 0.333. The molecule has 14 heavy (non-hydrogen) atoms. The highest BCUT2D eigenvalue weighted by Gasteiger charge is 2.29. The van der Waals surface area contributed by atoms with Gasteiger partial charge in [-0.2, -0.15) is 0 Å². The van der Waals surface area contributed by atoms with Gasteiger partial charge in [0.05, 0.1) is 17.6 Å². The normalized spacial score (nSPS) is 21.6. The van der Waals surface area contributed by atoms with Gasteiger partial charge < -0.3 is 10.6 Å². The summed E-state index contributed by atoms with van der Waals surface area (Å²) in [5.74, 6) is 0.102. The Labute approximate surface area is 90.2 Å². The molecule has 1 unspecified atom stereocenters. The first-order valence-electron chi connectivity index (χ1n) is 4.32. The Morgan fingerprint density at radius 2 is 2.43 bits per heavy atom. The molecule has 0 aliphatic carbocycles. The van der Waals surface area contributed by atoms with E-state index in [1.165, 1.54) is 0 Å². The monoisotopic (exact) mass is 255 g/mol. The summed E-state index contributed by atoms with van der Waals surface area (Å²) in [5.41, 5.74) is 7.04. The molecule has 1 saturated heterocycles. The fourth-order valence-electron chi connectivity index (χ4n) is 1.54. The summed E-state index contributed by atoms with van der Waals surface area (Å²) in [6.45, 7) is 0.674. The number of alkyl halides is 1. The molecule has 74 valence electrons. The van der Waals surface area contributed by atoms with Crippen LogP contribution in [0.5, 0.6) is 0 Å². The number of rotatable bonds is 1. The number of hydrogen-bond donors (Lipinski definition) is 1. The minimum absolute atomic E-state index is 0.102. The van der Waals surface area contributed by atoms with E-state index in [0.717, 1.165) is 5.69 Å². The van der Waals surface area contributed by atoms with Crippen LogP contribution < -0.4 is 10.6 Å². The first-order chi connectivity index (χ1) is 6.68. The Bertz CT molecular complexity index is 369. The zero-order valence-corrected chi connectivity index (χ0v) is 9.07. The molecule has 1 aromatic heterocycles. The first-order valence-corrected chi connectivity index (χ1v) is 5.24. The fourth-order valence-corrected chi connectivity index (χ4v) is 2.11. The van der Waals surface area contributed by atoms with Gasteiger partial charge in [-0.05, 0) is 6.07 Å². The molecule has 1 aromatic rings. The SMILES string of the molecule is Nc1cnccc1N1CC(Br)CC1=O. The van der Waals surface area contributed by atoms with Crippen molar-refractivity contribution in [2.24, 2.45) is 0 Å². The summed E-state index contributed by atoms with van der Waals surface area (Å²) < 4.78 is 0. The number of anilines is 2. The molecular weight excluding hydrogens is 246 g/mol. The topological polar surface area (TPSA) is 59.2 Å². The number of nitrogens with two attached hydrogens (primary N) is 1. The van der Waals surface area contributed by atoms with Crippen molar-refractivity contribution in [1.82, 2.24) is 4.98 Å². The highest BCUT2D eigenvalue weighted by atomic mass is 79.9. The molecule has 2 heterocycles. The Morgan fingerprint density at radius 1 is 1.64 bits per heavy atom. The third kappa shape index (κ3) is 1.59. The molecule has 1 amide bonds. The zero-order valence-electron chi connectivity index (χ0n) is 7.48. The molecule has 0 aromatic carbocycles. The number of nitrogens with zero attached hydrogens (tertiary/aromatic N) is 2. The van der Waals surface area contributed by atoms with Gasteiger partial charge in [0.15, 0.2) is 0 Å². The smallest absolute Gasteiger partial charge is 0.228 e. The van der Waals surface area contributed by atoms with Crippen LogP contribution in [-0.4, -0.2) is 22.3 Å². The van der Waals surface area contributed by atoms with E-state index in [-0.39, 0.29) is 10.7 Å². The summed E-state index contributed by atoms with van der Waals surface area (Å²) in [7, 11) is 0. The molecule has 1 atom stereocenters. The summed E-state index contributed by atoms with van der Waals surface area (Å²) >= 11 is 3.42. The number of halogens is 1. The summed E-state index contributed by atoms with van der Waals surface area (Å²) in [6.07, 6.45) is 3.73. The Kier molecular flexibility index (Phi) is 2.41. The van der Waals surface area contributed by atoms with Crippen LogP contribution in [0.1, 0.15) is 6.42 Å². The van der Waals surface area contributed by atoms with E-state index in [9.17, 15) is 4.79 Å². The average molecular weight is 256 g/mol. The van der Waals surface area contributed by atoms with Crippen LogP contribution in [0.25, 0.3) is 0 Å². The lowest BCUT2D eigenvalue weighted by Gasteiger charge is -2.17. The van der Waals surface area contributed by atoms with Crippen molar-refractivity contribution in [1.29, 1.82) is 0 Å². The van der Waals surface area contributed by atoms with Crippen LogP contribution in [0.15, 0.2) is 18.5 Å². The van der Waals surface area contributed by atoms with E-state index in [1.807, 2.05) is 0 Å². The molecule has 2 N–H and O–H groups in total. The predicted molar refractivity (Wildman–Crippen MR) is 58.3 cm³/mol. The molecule has 0 saturated carbocycles. The van der Waals surface area contributed by atoms with Gasteiger partial charge in [0, 0.05) is 24.0 Å². The maximum atomic E-state index is 11.6. The lowest BCUT2D eigenvalue weighted by Crippen LogP contribution is -2.25. The average Bonchev–Trinajstić information content (AvgIpc) is 2.46. The van der Waals surface area contributed by atoms with Crippen LogP contribution in [0.2, 0.25) is 0 Å². The predicted octanol–water partition coefficient (Wildman–Crippen LogP) is 1.16. The number of carbonyl (C=O) groups is 1. The lowest BCUT2D eigenvalue weighted by molar-refractivity contribution is -0.117. The minimum Gasteiger partial charge on any atom is -0.396 e. The van der Waals surface area contributed by atoms with Crippen LogP contribution in [0.4, 0.5) is 11.4 Å². The summed E-state index contributed by atoms with van der Waals surface area (Å²) in [4.78, 5) is 17.4. The summed E-state index contributed by atoms with van der Waals surface area (Å²) in [5, 5.41) is 0. The van der Waals surface area contributed by atoms with Crippen molar-refractivity contribution < 1.29 is 4.79 Å². The number of aromatic nitrogens is 1. The number of amides is 1. The van der Waals surface area contributed by atoms with E-state index in [4.69, 9.17) is 5.73 Å². The zero-order chi connectivity index (χ0) is 10.1. The quantitative estimate of drug-likeness (QED) is 0.767. The van der Waals surface area contributed by atoms with Gasteiger partial charge in [0.25, 0.3) is 0 Å². The molecule has 1 aliphatic heterocycles. The standard InChI is InChI=1S/C9H10BrN3O/c10-6-3-9(14)13(5-6)8-1-2-12-4-7(8)11/h1-2,4,6H,3,5,11H2. The molecule has 0 bridgehead atoms. The van der Waals surface area contributed by atoms with Crippen molar-refractivity contribution >= 4 is 33.2 Å². The number of hydrogen-bond acceptors (Lipinski definition) is 3. The van der Waals surface area contributed by atoms with Gasteiger partial charge in [0.2, 0.25) is 5.91 Å². The van der Waals surface area contributed by atoms with Gasteiger partial charge in [-0.15, -0.1) is 0 Å². The van der Waals surface area contributed by atoms with Crippen LogP contribution in [0.3, 0.4) is 0 Å². The number of carbonyl (C=O) groups excluding carboxylic acids is 1. The van der Waals surface area contributed by atoms with E-state index in [0.29, 0.717) is 18.7 Å². The Balaban J connectivity index is 2.32. The molecule has 1 fully saturated rings. The lowest BCUT2D eigenvalue weighted by atomic mass is 10.3. The van der Waals surface area contributed by atoms with Crippen molar-refractivity contribution in [2.45, 2.75) is 11.2 Å². The molecule has 0 spiro atoms. The number of nitrogen functional groups attached to an aromatic ring is 1. The molecule has 4 nitrogen and oxygen atoms in total. The van der Waals surface area contributed by atoms with Crippen LogP contribution in [-0.2, 0) is 4.79 Å². The molecule has 2 rings (SSSR count). The second kappa shape index (κ2) is 3.57. The second-order valence-corrected chi connectivity index (χ2v) is 4.54. The maximum Gasteiger partial charge on any atom is 0.228 e. The third-order valence-corrected chi connectivity index (χ3v) is 2.81. The molecule has 0 radical (unpaired) electrons. The van der Waals surface area contributed by atoms with Crippen molar-refractivity contribution in [3.05, 3.63) is 18.5 Å². The van der Waals surface area contributed by atoms with Crippen molar-refractivity contribution in [3.63, 3.8) is 0 Å². The third-order valence-electron chi connectivity index (χ3n) is 2.20. The minimum atomic E-state index is 0.102. The number of pyridine rings is 1. The highest BCUT2D eigenvalue weighted by Crippen LogP contribution is 2.28. The molecular formula is C9H10BrN3O. The Hall–Kier alpha value is -1.10. The molecule has 5 heteroatoms. The van der Waals surface area contributed by atoms with Gasteiger partial charge >= 0.3 is 0 Å². The highest BCUT2D eigenvalue weighted by molar-refractivity contribution is 9.09.